The van der Waals surface area contributed by atoms with Crippen molar-refractivity contribution in [3.8, 4) is 17.2 Å². The number of hydrazine groups is 1. The highest BCUT2D eigenvalue weighted by molar-refractivity contribution is 7.92. The van der Waals surface area contributed by atoms with E-state index in [9.17, 15) is 18.0 Å². The number of nitrogens with one attached hydrogen (secondary N) is 3. The summed E-state index contributed by atoms with van der Waals surface area (Å²) in [5.74, 6) is 0.247. The van der Waals surface area contributed by atoms with Crippen LogP contribution in [0.2, 0.25) is 0 Å². The van der Waals surface area contributed by atoms with Gasteiger partial charge in [-0.25, -0.2) is 8.42 Å². The number of anilines is 1. The molecule has 3 aromatic carbocycles. The van der Waals surface area contributed by atoms with Crippen molar-refractivity contribution in [1.29, 1.82) is 0 Å². The fourth-order valence-electron chi connectivity index (χ4n) is 2.98. The molecule has 10 nitrogen and oxygen atoms in total. The summed E-state index contributed by atoms with van der Waals surface area (Å²) in [6, 6.07) is 16.4. The molecular weight excluding hydrogens is 474 g/mol. The fraction of sp³-hybridized carbons (Fsp3) is 0.167. The molecule has 2 amide bonds. The Balaban J connectivity index is 1.61. The number of rotatable bonds is 9. The van der Waals surface area contributed by atoms with Crippen LogP contribution in [0.15, 0.2) is 71.6 Å². The number of hydrogen-bond acceptors (Lipinski definition) is 7. The second kappa shape index (κ2) is 11.3. The van der Waals surface area contributed by atoms with Crippen LogP contribution in [0, 0.1) is 0 Å². The van der Waals surface area contributed by atoms with Gasteiger partial charge in [-0.1, -0.05) is 0 Å². The first-order chi connectivity index (χ1) is 16.7. The van der Waals surface area contributed by atoms with Crippen LogP contribution in [-0.2, 0) is 10.0 Å². The van der Waals surface area contributed by atoms with Crippen LogP contribution in [0.4, 0.5) is 5.69 Å². The molecule has 0 aromatic heterocycles. The van der Waals surface area contributed by atoms with Crippen LogP contribution in [-0.4, -0.2) is 41.1 Å². The quantitative estimate of drug-likeness (QED) is 0.386. The first kappa shape index (κ1) is 25.4. The maximum absolute atomic E-state index is 12.6. The van der Waals surface area contributed by atoms with Crippen molar-refractivity contribution in [2.24, 2.45) is 0 Å². The summed E-state index contributed by atoms with van der Waals surface area (Å²) < 4.78 is 43.2. The third-order valence-electron chi connectivity index (χ3n) is 4.75. The highest BCUT2D eigenvalue weighted by Gasteiger charge is 2.16. The number of sulfonamides is 1. The van der Waals surface area contributed by atoms with Gasteiger partial charge in [-0.15, -0.1) is 0 Å². The molecule has 0 heterocycles. The van der Waals surface area contributed by atoms with Crippen LogP contribution >= 0.6 is 0 Å². The van der Waals surface area contributed by atoms with Gasteiger partial charge in [0.15, 0.2) is 0 Å². The van der Waals surface area contributed by atoms with E-state index in [1.807, 2.05) is 6.92 Å². The molecule has 35 heavy (non-hydrogen) atoms. The zero-order chi connectivity index (χ0) is 25.4. The van der Waals surface area contributed by atoms with E-state index < -0.39 is 21.8 Å². The van der Waals surface area contributed by atoms with Gasteiger partial charge in [-0.2, -0.15) is 0 Å². The standard InChI is InChI=1S/C24H25N3O7S/c1-4-34-19-9-11-22(12-10-19)35(30,31)27-18-7-5-16(6-8-18)23(28)25-26-24(29)17-13-20(32-2)15-21(14-17)33-3/h5-15,27H,4H2,1-3H3,(H,25,28)(H,26,29). The Labute approximate surface area is 203 Å². The Bertz CT molecular complexity index is 1270. The highest BCUT2D eigenvalue weighted by Crippen LogP contribution is 2.22. The molecular formula is C24H25N3O7S. The van der Waals surface area contributed by atoms with E-state index in [-0.39, 0.29) is 21.7 Å². The highest BCUT2D eigenvalue weighted by atomic mass is 32.2. The maximum Gasteiger partial charge on any atom is 0.269 e. The molecule has 0 unspecified atom stereocenters. The van der Waals surface area contributed by atoms with E-state index in [0.717, 1.165) is 0 Å². The molecule has 3 aromatic rings. The third kappa shape index (κ3) is 6.64. The molecule has 0 spiro atoms. The lowest BCUT2D eigenvalue weighted by Gasteiger charge is -2.11. The van der Waals surface area contributed by atoms with Crippen molar-refractivity contribution in [3.05, 3.63) is 77.9 Å². The summed E-state index contributed by atoms with van der Waals surface area (Å²) in [4.78, 5) is 24.9. The third-order valence-corrected chi connectivity index (χ3v) is 6.14. The van der Waals surface area contributed by atoms with E-state index in [0.29, 0.717) is 23.9 Å². The molecule has 0 saturated carbocycles. The molecule has 0 fully saturated rings. The molecule has 3 rings (SSSR count). The van der Waals surface area contributed by atoms with Crippen LogP contribution in [0.5, 0.6) is 17.2 Å². The summed E-state index contributed by atoms with van der Waals surface area (Å²) in [7, 11) is -0.908. The molecule has 0 aliphatic carbocycles. The summed E-state index contributed by atoms with van der Waals surface area (Å²) in [5, 5.41) is 0. The number of amides is 2. The van der Waals surface area contributed by atoms with Crippen LogP contribution in [0.25, 0.3) is 0 Å². The SMILES string of the molecule is CCOc1ccc(S(=O)(=O)Nc2ccc(C(=O)NNC(=O)c3cc(OC)cc(OC)c3)cc2)cc1. The molecule has 0 saturated heterocycles. The van der Waals surface area contributed by atoms with Crippen molar-refractivity contribution in [2.75, 3.05) is 25.5 Å². The predicted molar refractivity (Wildman–Crippen MR) is 129 cm³/mol. The lowest BCUT2D eigenvalue weighted by atomic mass is 10.2. The number of ether oxygens (including phenoxy) is 3. The van der Waals surface area contributed by atoms with Gasteiger partial charge in [-0.3, -0.25) is 25.2 Å². The van der Waals surface area contributed by atoms with Gasteiger partial charge in [0.05, 0.1) is 25.7 Å². The molecule has 11 heteroatoms. The van der Waals surface area contributed by atoms with Crippen molar-refractivity contribution in [2.45, 2.75) is 11.8 Å². The maximum atomic E-state index is 12.6. The van der Waals surface area contributed by atoms with Gasteiger partial charge >= 0.3 is 0 Å². The van der Waals surface area contributed by atoms with E-state index in [1.165, 1.54) is 62.8 Å². The van der Waals surface area contributed by atoms with Crippen molar-refractivity contribution >= 4 is 27.5 Å². The van der Waals surface area contributed by atoms with Crippen LogP contribution in [0.3, 0.4) is 0 Å². The normalized spacial score (nSPS) is 10.7. The van der Waals surface area contributed by atoms with E-state index in [1.54, 1.807) is 18.2 Å². The molecule has 0 atom stereocenters. The summed E-state index contributed by atoms with van der Waals surface area (Å²) in [5.41, 5.74) is 5.32. The Hall–Kier alpha value is -4.25. The Kier molecular flexibility index (Phi) is 8.16. The summed E-state index contributed by atoms with van der Waals surface area (Å²) in [6.45, 7) is 2.31. The monoisotopic (exact) mass is 499 g/mol. The zero-order valence-electron chi connectivity index (χ0n) is 19.3. The number of carbonyl (C=O) groups is 2. The van der Waals surface area contributed by atoms with Crippen molar-refractivity contribution < 1.29 is 32.2 Å². The van der Waals surface area contributed by atoms with Gasteiger partial charge in [0, 0.05) is 22.9 Å². The van der Waals surface area contributed by atoms with Crippen LogP contribution < -0.4 is 29.8 Å². The summed E-state index contributed by atoms with van der Waals surface area (Å²) >= 11 is 0. The minimum atomic E-state index is -3.83. The fourth-order valence-corrected chi connectivity index (χ4v) is 4.04. The van der Waals surface area contributed by atoms with Gasteiger partial charge in [0.2, 0.25) is 0 Å². The average Bonchev–Trinajstić information content (AvgIpc) is 2.87. The van der Waals surface area contributed by atoms with Crippen molar-refractivity contribution in [1.82, 2.24) is 10.9 Å². The zero-order valence-corrected chi connectivity index (χ0v) is 20.1. The molecule has 3 N–H and O–H groups in total. The topological polar surface area (TPSA) is 132 Å². The first-order valence-electron chi connectivity index (χ1n) is 10.4. The predicted octanol–water partition coefficient (Wildman–Crippen LogP) is 2.98. The van der Waals surface area contributed by atoms with E-state index in [4.69, 9.17) is 14.2 Å². The lowest BCUT2D eigenvalue weighted by Crippen LogP contribution is -2.41. The lowest BCUT2D eigenvalue weighted by molar-refractivity contribution is 0.0846. The largest absolute Gasteiger partial charge is 0.497 e. The number of benzene rings is 3. The molecule has 184 valence electrons. The number of hydrogen-bond donors (Lipinski definition) is 3. The van der Waals surface area contributed by atoms with Gasteiger partial charge in [0.1, 0.15) is 17.2 Å². The molecule has 0 bridgehead atoms. The van der Waals surface area contributed by atoms with Crippen molar-refractivity contribution in [3.63, 3.8) is 0 Å². The Morgan fingerprint density at radius 2 is 1.29 bits per heavy atom. The number of methoxy groups -OCH3 is 2. The second-order valence-corrected chi connectivity index (χ2v) is 8.78. The second-order valence-electron chi connectivity index (χ2n) is 7.10. The van der Waals surface area contributed by atoms with E-state index >= 15 is 0 Å². The van der Waals surface area contributed by atoms with E-state index in [2.05, 4.69) is 15.6 Å². The molecule has 0 aliphatic heterocycles. The smallest absolute Gasteiger partial charge is 0.269 e. The Morgan fingerprint density at radius 3 is 1.80 bits per heavy atom. The van der Waals surface area contributed by atoms with Gasteiger partial charge in [-0.05, 0) is 67.6 Å². The van der Waals surface area contributed by atoms with Gasteiger partial charge in [0.25, 0.3) is 21.8 Å². The molecule has 0 radical (unpaired) electrons. The van der Waals surface area contributed by atoms with Gasteiger partial charge < -0.3 is 14.2 Å². The Morgan fingerprint density at radius 1 is 0.743 bits per heavy atom. The average molecular weight is 500 g/mol. The molecule has 0 aliphatic rings. The number of carbonyl (C=O) groups excluding carboxylic acids is 2. The minimum absolute atomic E-state index is 0.0691. The minimum Gasteiger partial charge on any atom is -0.497 e. The summed E-state index contributed by atoms with van der Waals surface area (Å²) in [6.07, 6.45) is 0. The first-order valence-corrected chi connectivity index (χ1v) is 11.9. The van der Waals surface area contributed by atoms with Crippen LogP contribution in [0.1, 0.15) is 27.6 Å².